The van der Waals surface area contributed by atoms with Gasteiger partial charge in [-0.25, -0.2) is 0 Å². The van der Waals surface area contributed by atoms with E-state index < -0.39 is 0 Å². The summed E-state index contributed by atoms with van der Waals surface area (Å²) in [6.07, 6.45) is 2.60. The second-order valence-corrected chi connectivity index (χ2v) is 9.77. The predicted octanol–water partition coefficient (Wildman–Crippen LogP) is 6.68. The standard InChI is InChI=1S/C33H30N2O3S/c1-23(26-13-7-4-8-14-26)35-32(36)29(34-33(35)39)21-25-17-18-30(37-2)28(20-25)22-38-31-16-10-9-15-27(31)19-24-11-5-3-6-12-24/h3-18,20-21,23H,19,22H2,1-2H3,(H,34,39)/b29-21-. The number of nitrogens with one attached hydrogen (secondary N) is 1. The van der Waals surface area contributed by atoms with Gasteiger partial charge >= 0.3 is 0 Å². The first-order valence-corrected chi connectivity index (χ1v) is 13.3. The first-order valence-electron chi connectivity index (χ1n) is 12.9. The molecule has 1 fully saturated rings. The Balaban J connectivity index is 1.34. The number of para-hydroxylation sites is 1. The molecule has 4 aromatic rings. The zero-order valence-electron chi connectivity index (χ0n) is 22.0. The Bertz CT molecular complexity index is 1500. The van der Waals surface area contributed by atoms with Crippen molar-refractivity contribution >= 4 is 29.3 Å². The van der Waals surface area contributed by atoms with Crippen LogP contribution in [0.5, 0.6) is 11.5 Å². The molecule has 0 spiro atoms. The molecule has 1 unspecified atom stereocenters. The third kappa shape index (κ3) is 6.02. The Morgan fingerprint density at radius 3 is 2.31 bits per heavy atom. The van der Waals surface area contributed by atoms with E-state index in [0.29, 0.717) is 17.4 Å². The smallest absolute Gasteiger partial charge is 0.277 e. The van der Waals surface area contributed by atoms with Gasteiger partial charge in [-0.05, 0) is 65.7 Å². The number of amides is 1. The molecule has 39 heavy (non-hydrogen) atoms. The fourth-order valence-electron chi connectivity index (χ4n) is 4.71. The predicted molar refractivity (Wildman–Crippen MR) is 158 cm³/mol. The molecule has 5 nitrogen and oxygen atoms in total. The van der Waals surface area contributed by atoms with Crippen LogP contribution < -0.4 is 14.8 Å². The molecule has 196 valence electrons. The Morgan fingerprint density at radius 1 is 0.872 bits per heavy atom. The summed E-state index contributed by atoms with van der Waals surface area (Å²) in [7, 11) is 1.64. The Kier molecular flexibility index (Phi) is 8.04. The first-order chi connectivity index (χ1) is 19.0. The number of hydrogen-bond donors (Lipinski definition) is 1. The van der Waals surface area contributed by atoms with Gasteiger partial charge in [0, 0.05) is 12.0 Å². The number of hydrogen-bond acceptors (Lipinski definition) is 4. The van der Waals surface area contributed by atoms with E-state index in [2.05, 4.69) is 23.5 Å². The van der Waals surface area contributed by atoms with E-state index in [1.54, 1.807) is 12.0 Å². The number of carbonyl (C=O) groups is 1. The number of carbonyl (C=O) groups excluding carboxylic acids is 1. The normalized spacial score (nSPS) is 14.8. The summed E-state index contributed by atoms with van der Waals surface area (Å²) in [5.41, 5.74) is 5.52. The van der Waals surface area contributed by atoms with Gasteiger partial charge in [-0.2, -0.15) is 0 Å². The number of rotatable bonds is 9. The zero-order chi connectivity index (χ0) is 27.2. The molecule has 6 heteroatoms. The van der Waals surface area contributed by atoms with Gasteiger partial charge in [0.2, 0.25) is 0 Å². The van der Waals surface area contributed by atoms with E-state index in [-0.39, 0.29) is 11.9 Å². The second kappa shape index (κ2) is 12.0. The third-order valence-corrected chi connectivity index (χ3v) is 7.09. The van der Waals surface area contributed by atoms with Crippen LogP contribution in [-0.4, -0.2) is 23.0 Å². The van der Waals surface area contributed by atoms with Gasteiger partial charge in [-0.3, -0.25) is 9.69 Å². The van der Waals surface area contributed by atoms with Crippen LogP contribution in [0.4, 0.5) is 0 Å². The summed E-state index contributed by atoms with van der Waals surface area (Å²) in [4.78, 5) is 14.9. The third-order valence-electron chi connectivity index (χ3n) is 6.79. The first kappa shape index (κ1) is 26.2. The summed E-state index contributed by atoms with van der Waals surface area (Å²) in [6.45, 7) is 2.30. The van der Waals surface area contributed by atoms with Gasteiger partial charge in [-0.15, -0.1) is 0 Å². The van der Waals surface area contributed by atoms with Gasteiger partial charge in [0.1, 0.15) is 23.8 Å². The fraction of sp³-hybridized carbons (Fsp3) is 0.152. The summed E-state index contributed by atoms with van der Waals surface area (Å²) in [6, 6.07) is 33.9. The lowest BCUT2D eigenvalue weighted by atomic mass is 10.0. The lowest BCUT2D eigenvalue weighted by molar-refractivity contribution is -0.123. The number of benzene rings is 4. The molecular formula is C33H30N2O3S. The highest BCUT2D eigenvalue weighted by Crippen LogP contribution is 2.29. The molecule has 0 bridgehead atoms. The highest BCUT2D eigenvalue weighted by Gasteiger charge is 2.34. The lowest BCUT2D eigenvalue weighted by Crippen LogP contribution is -2.33. The van der Waals surface area contributed by atoms with E-state index in [4.69, 9.17) is 21.7 Å². The summed E-state index contributed by atoms with van der Waals surface area (Å²) in [5.74, 6) is 1.40. The number of thiocarbonyl (C=S) groups is 1. The molecule has 0 saturated carbocycles. The maximum absolute atomic E-state index is 13.3. The molecule has 1 amide bonds. The lowest BCUT2D eigenvalue weighted by Gasteiger charge is -2.23. The van der Waals surface area contributed by atoms with Crippen LogP contribution in [0, 0.1) is 0 Å². The molecule has 1 atom stereocenters. The van der Waals surface area contributed by atoms with Crippen LogP contribution in [0.2, 0.25) is 0 Å². The maximum Gasteiger partial charge on any atom is 0.277 e. The highest BCUT2D eigenvalue weighted by molar-refractivity contribution is 7.80. The van der Waals surface area contributed by atoms with Gasteiger partial charge in [0.05, 0.1) is 13.2 Å². The van der Waals surface area contributed by atoms with Gasteiger partial charge < -0.3 is 14.8 Å². The number of nitrogens with zero attached hydrogens (tertiary/aromatic N) is 1. The second-order valence-electron chi connectivity index (χ2n) is 9.38. The summed E-state index contributed by atoms with van der Waals surface area (Å²) < 4.78 is 11.9. The van der Waals surface area contributed by atoms with Crippen LogP contribution in [0.15, 0.2) is 109 Å². The van der Waals surface area contributed by atoms with E-state index in [9.17, 15) is 4.79 Å². The van der Waals surface area contributed by atoms with E-state index in [1.165, 1.54) is 5.56 Å². The largest absolute Gasteiger partial charge is 0.496 e. The quantitative estimate of drug-likeness (QED) is 0.192. The number of methoxy groups -OCH3 is 1. The van der Waals surface area contributed by atoms with Crippen molar-refractivity contribution in [2.24, 2.45) is 0 Å². The molecule has 0 radical (unpaired) electrons. The topological polar surface area (TPSA) is 50.8 Å². The van der Waals surface area contributed by atoms with Crippen LogP contribution in [0.25, 0.3) is 6.08 Å². The zero-order valence-corrected chi connectivity index (χ0v) is 22.8. The SMILES string of the molecule is COc1ccc(/C=C2\NC(=S)N(C(C)c3ccccc3)C2=O)cc1COc1ccccc1Cc1ccccc1. The van der Waals surface area contributed by atoms with Gasteiger partial charge in [0.15, 0.2) is 5.11 Å². The number of ether oxygens (including phenoxy) is 2. The molecule has 0 aromatic heterocycles. The molecule has 5 rings (SSSR count). The Morgan fingerprint density at radius 2 is 1.56 bits per heavy atom. The van der Waals surface area contributed by atoms with Crippen molar-refractivity contribution < 1.29 is 14.3 Å². The monoisotopic (exact) mass is 534 g/mol. The van der Waals surface area contributed by atoms with Gasteiger partial charge in [0.25, 0.3) is 5.91 Å². The Labute approximate surface area is 234 Å². The summed E-state index contributed by atoms with van der Waals surface area (Å²) >= 11 is 5.52. The van der Waals surface area contributed by atoms with Crippen LogP contribution >= 0.6 is 12.2 Å². The average Bonchev–Trinajstić information content (AvgIpc) is 3.25. The van der Waals surface area contributed by atoms with Crippen molar-refractivity contribution in [1.82, 2.24) is 10.2 Å². The minimum atomic E-state index is -0.180. The molecule has 1 aliphatic heterocycles. The van der Waals surface area contributed by atoms with E-state index in [0.717, 1.165) is 40.2 Å². The summed E-state index contributed by atoms with van der Waals surface area (Å²) in [5, 5.41) is 3.49. The van der Waals surface area contributed by atoms with Crippen molar-refractivity contribution in [3.8, 4) is 11.5 Å². The molecule has 0 aliphatic carbocycles. The van der Waals surface area contributed by atoms with Crippen molar-refractivity contribution in [2.45, 2.75) is 26.0 Å². The molecule has 1 heterocycles. The average molecular weight is 535 g/mol. The van der Waals surface area contributed by atoms with E-state index >= 15 is 0 Å². The van der Waals surface area contributed by atoms with Crippen molar-refractivity contribution in [2.75, 3.05) is 7.11 Å². The fourth-order valence-corrected chi connectivity index (χ4v) is 5.06. The van der Waals surface area contributed by atoms with Crippen LogP contribution in [-0.2, 0) is 17.8 Å². The Hall–Kier alpha value is -4.42. The highest BCUT2D eigenvalue weighted by atomic mass is 32.1. The maximum atomic E-state index is 13.3. The molecular weight excluding hydrogens is 504 g/mol. The minimum Gasteiger partial charge on any atom is -0.496 e. The van der Waals surface area contributed by atoms with Gasteiger partial charge in [-0.1, -0.05) is 84.9 Å². The van der Waals surface area contributed by atoms with Crippen LogP contribution in [0.1, 0.15) is 40.8 Å². The van der Waals surface area contributed by atoms with Crippen LogP contribution in [0.3, 0.4) is 0 Å². The van der Waals surface area contributed by atoms with E-state index in [1.807, 2.05) is 97.9 Å². The van der Waals surface area contributed by atoms with Crippen molar-refractivity contribution in [3.63, 3.8) is 0 Å². The molecule has 1 saturated heterocycles. The minimum absolute atomic E-state index is 0.153. The van der Waals surface area contributed by atoms with Crippen molar-refractivity contribution in [1.29, 1.82) is 0 Å². The molecule has 1 N–H and O–H groups in total. The molecule has 1 aliphatic rings. The van der Waals surface area contributed by atoms with Crippen molar-refractivity contribution in [3.05, 3.63) is 137 Å². The molecule has 4 aromatic carbocycles.